The average molecular weight is 246 g/mol. The quantitative estimate of drug-likeness (QED) is 0.870. The highest BCUT2D eigenvalue weighted by atomic mass is 16.2. The molecule has 1 aromatic rings. The number of likely N-dealkylation sites (tertiary alicyclic amines) is 1. The minimum atomic E-state index is 0.0622. The molecule has 0 spiro atoms. The van der Waals surface area contributed by atoms with E-state index in [1.54, 1.807) is 0 Å². The number of hydrogen-bond donors (Lipinski definition) is 1. The lowest BCUT2D eigenvalue weighted by Crippen LogP contribution is -2.44. The second-order valence-corrected chi connectivity index (χ2v) is 5.27. The summed E-state index contributed by atoms with van der Waals surface area (Å²) in [6.45, 7) is 5.24. The van der Waals surface area contributed by atoms with E-state index in [1.165, 1.54) is 17.5 Å². The summed E-state index contributed by atoms with van der Waals surface area (Å²) in [5, 5.41) is 0. The number of benzene rings is 1. The van der Waals surface area contributed by atoms with Gasteiger partial charge in [0.05, 0.1) is 12.6 Å². The van der Waals surface area contributed by atoms with Crippen LogP contribution in [0.2, 0.25) is 0 Å². The van der Waals surface area contributed by atoms with Crippen molar-refractivity contribution in [3.63, 3.8) is 0 Å². The number of piperidine rings is 1. The van der Waals surface area contributed by atoms with Crippen molar-refractivity contribution in [1.82, 2.24) is 4.90 Å². The number of hydrogen-bond acceptors (Lipinski definition) is 2. The Bertz CT molecular complexity index is 413. The molecule has 2 atom stereocenters. The maximum Gasteiger partial charge on any atom is 0.236 e. The van der Waals surface area contributed by atoms with Gasteiger partial charge in [0.15, 0.2) is 0 Å². The molecule has 2 unspecified atom stereocenters. The van der Waals surface area contributed by atoms with Crippen LogP contribution in [-0.2, 0) is 4.79 Å². The van der Waals surface area contributed by atoms with E-state index >= 15 is 0 Å². The second kappa shape index (κ2) is 5.53. The number of nitrogens with two attached hydrogens (primary N) is 1. The van der Waals surface area contributed by atoms with Crippen LogP contribution in [0.25, 0.3) is 0 Å². The maximum atomic E-state index is 12.0. The molecule has 0 aromatic heterocycles. The van der Waals surface area contributed by atoms with Crippen LogP contribution in [0.5, 0.6) is 0 Å². The Morgan fingerprint density at radius 3 is 2.67 bits per heavy atom. The van der Waals surface area contributed by atoms with E-state index in [2.05, 4.69) is 38.1 Å². The molecule has 0 radical (unpaired) electrons. The van der Waals surface area contributed by atoms with Crippen molar-refractivity contribution in [2.75, 3.05) is 13.1 Å². The van der Waals surface area contributed by atoms with E-state index in [4.69, 9.17) is 5.73 Å². The van der Waals surface area contributed by atoms with Crippen molar-refractivity contribution >= 4 is 5.91 Å². The Kier molecular flexibility index (Phi) is 4.02. The summed E-state index contributed by atoms with van der Waals surface area (Å²) < 4.78 is 0. The highest BCUT2D eigenvalue weighted by molar-refractivity contribution is 5.78. The summed E-state index contributed by atoms with van der Waals surface area (Å²) in [6.07, 6.45) is 2.25. The SMILES string of the molecule is Cc1ccc(C2C(C)CCCN2C(=O)CN)cc1. The Morgan fingerprint density at radius 2 is 2.06 bits per heavy atom. The van der Waals surface area contributed by atoms with Crippen LogP contribution in [-0.4, -0.2) is 23.9 Å². The van der Waals surface area contributed by atoms with Gasteiger partial charge in [0.1, 0.15) is 0 Å². The zero-order valence-electron chi connectivity index (χ0n) is 11.2. The molecule has 1 fully saturated rings. The first-order chi connectivity index (χ1) is 8.63. The summed E-state index contributed by atoms with van der Waals surface area (Å²) in [4.78, 5) is 13.9. The van der Waals surface area contributed by atoms with Crippen molar-refractivity contribution in [2.45, 2.75) is 32.7 Å². The number of amides is 1. The van der Waals surface area contributed by atoms with Gasteiger partial charge in [-0.25, -0.2) is 0 Å². The minimum absolute atomic E-state index is 0.0622. The molecule has 1 amide bonds. The van der Waals surface area contributed by atoms with Crippen LogP contribution >= 0.6 is 0 Å². The Balaban J connectivity index is 2.29. The molecule has 1 heterocycles. The molecule has 1 aliphatic heterocycles. The normalized spacial score (nSPS) is 24.1. The van der Waals surface area contributed by atoms with Crippen molar-refractivity contribution in [3.05, 3.63) is 35.4 Å². The standard InChI is InChI=1S/C15H22N2O/c1-11-5-7-13(8-6-11)15-12(2)4-3-9-17(15)14(18)10-16/h5-8,12,15H,3-4,9-10,16H2,1-2H3. The Morgan fingerprint density at radius 1 is 1.39 bits per heavy atom. The van der Waals surface area contributed by atoms with Gasteiger partial charge in [0.25, 0.3) is 0 Å². The number of aryl methyl sites for hydroxylation is 1. The van der Waals surface area contributed by atoms with Crippen LogP contribution in [0, 0.1) is 12.8 Å². The van der Waals surface area contributed by atoms with Crippen LogP contribution in [0.1, 0.15) is 36.9 Å². The molecular weight excluding hydrogens is 224 g/mol. The lowest BCUT2D eigenvalue weighted by molar-refractivity contribution is -0.135. The molecule has 18 heavy (non-hydrogen) atoms. The van der Waals surface area contributed by atoms with Gasteiger partial charge in [0.2, 0.25) is 5.91 Å². The topological polar surface area (TPSA) is 46.3 Å². The van der Waals surface area contributed by atoms with Gasteiger partial charge in [-0.1, -0.05) is 36.8 Å². The van der Waals surface area contributed by atoms with Crippen molar-refractivity contribution in [2.24, 2.45) is 11.7 Å². The van der Waals surface area contributed by atoms with Crippen molar-refractivity contribution < 1.29 is 4.79 Å². The van der Waals surface area contributed by atoms with Crippen molar-refractivity contribution in [1.29, 1.82) is 0 Å². The predicted octanol–water partition coefficient (Wildman–Crippen LogP) is 2.25. The van der Waals surface area contributed by atoms with E-state index < -0.39 is 0 Å². The maximum absolute atomic E-state index is 12.0. The monoisotopic (exact) mass is 246 g/mol. The average Bonchev–Trinajstić information content (AvgIpc) is 2.39. The van der Waals surface area contributed by atoms with Crippen LogP contribution in [0.15, 0.2) is 24.3 Å². The zero-order valence-corrected chi connectivity index (χ0v) is 11.2. The second-order valence-electron chi connectivity index (χ2n) is 5.27. The molecule has 0 saturated carbocycles. The summed E-state index contributed by atoms with van der Waals surface area (Å²) in [5.74, 6) is 0.559. The highest BCUT2D eigenvalue weighted by Gasteiger charge is 2.32. The van der Waals surface area contributed by atoms with Gasteiger partial charge < -0.3 is 10.6 Å². The van der Waals surface area contributed by atoms with Crippen LogP contribution in [0.3, 0.4) is 0 Å². The lowest BCUT2D eigenvalue weighted by Gasteiger charge is -2.40. The van der Waals surface area contributed by atoms with Crippen LogP contribution < -0.4 is 5.73 Å². The van der Waals surface area contributed by atoms with Gasteiger partial charge >= 0.3 is 0 Å². The molecule has 0 aliphatic carbocycles. The fraction of sp³-hybridized carbons (Fsp3) is 0.533. The first-order valence-corrected chi connectivity index (χ1v) is 6.69. The molecule has 0 bridgehead atoms. The van der Waals surface area contributed by atoms with Crippen LogP contribution in [0.4, 0.5) is 0 Å². The molecule has 3 heteroatoms. The summed E-state index contributed by atoms with van der Waals surface area (Å²) in [5.41, 5.74) is 8.00. The smallest absolute Gasteiger partial charge is 0.236 e. The fourth-order valence-corrected chi connectivity index (χ4v) is 2.86. The zero-order chi connectivity index (χ0) is 13.1. The van der Waals surface area contributed by atoms with Gasteiger partial charge in [-0.15, -0.1) is 0 Å². The van der Waals surface area contributed by atoms with Crippen molar-refractivity contribution in [3.8, 4) is 0 Å². The molecule has 3 nitrogen and oxygen atoms in total. The third kappa shape index (κ3) is 2.56. The minimum Gasteiger partial charge on any atom is -0.334 e. The van der Waals surface area contributed by atoms with Gasteiger partial charge in [-0.3, -0.25) is 4.79 Å². The van der Waals surface area contributed by atoms with E-state index in [9.17, 15) is 4.79 Å². The third-order valence-electron chi connectivity index (χ3n) is 3.85. The van der Waals surface area contributed by atoms with E-state index in [0.717, 1.165) is 13.0 Å². The fourth-order valence-electron chi connectivity index (χ4n) is 2.86. The van der Waals surface area contributed by atoms with E-state index in [1.807, 2.05) is 4.90 Å². The number of carbonyl (C=O) groups excluding carboxylic acids is 1. The largest absolute Gasteiger partial charge is 0.334 e. The first-order valence-electron chi connectivity index (χ1n) is 6.69. The molecule has 2 N–H and O–H groups in total. The summed E-state index contributed by atoms with van der Waals surface area (Å²) >= 11 is 0. The molecule has 2 rings (SSSR count). The third-order valence-corrected chi connectivity index (χ3v) is 3.85. The van der Waals surface area contributed by atoms with E-state index in [0.29, 0.717) is 5.92 Å². The molecular formula is C15H22N2O. The summed E-state index contributed by atoms with van der Waals surface area (Å²) in [6, 6.07) is 8.69. The summed E-state index contributed by atoms with van der Waals surface area (Å²) in [7, 11) is 0. The van der Waals surface area contributed by atoms with Gasteiger partial charge in [-0.05, 0) is 31.2 Å². The lowest BCUT2D eigenvalue weighted by atomic mass is 9.85. The molecule has 1 aromatic carbocycles. The number of rotatable bonds is 2. The highest BCUT2D eigenvalue weighted by Crippen LogP contribution is 2.35. The Labute approximate surface area is 109 Å². The molecule has 1 aliphatic rings. The van der Waals surface area contributed by atoms with Gasteiger partial charge in [0, 0.05) is 6.54 Å². The number of carbonyl (C=O) groups is 1. The predicted molar refractivity (Wildman–Crippen MR) is 73.1 cm³/mol. The molecule has 98 valence electrons. The Hall–Kier alpha value is -1.35. The first kappa shape index (κ1) is 13.1. The van der Waals surface area contributed by atoms with Gasteiger partial charge in [-0.2, -0.15) is 0 Å². The van der Waals surface area contributed by atoms with E-state index in [-0.39, 0.29) is 18.5 Å². The number of nitrogens with zero attached hydrogens (tertiary/aromatic N) is 1. The molecule has 1 saturated heterocycles.